The van der Waals surface area contributed by atoms with E-state index in [2.05, 4.69) is 28.2 Å². The maximum Gasteiger partial charge on any atom is 0.246 e. The predicted octanol–water partition coefficient (Wildman–Crippen LogP) is 2.89. The van der Waals surface area contributed by atoms with Crippen LogP contribution >= 0.6 is 24.0 Å². The highest BCUT2D eigenvalue weighted by Gasteiger charge is 2.23. The van der Waals surface area contributed by atoms with E-state index in [0.29, 0.717) is 12.5 Å². The molecule has 1 saturated heterocycles. The molecule has 2 aliphatic heterocycles. The molecule has 0 spiro atoms. The summed E-state index contributed by atoms with van der Waals surface area (Å²) in [6.07, 6.45) is 4.55. The van der Waals surface area contributed by atoms with Gasteiger partial charge in [0.05, 0.1) is 6.54 Å². The van der Waals surface area contributed by atoms with E-state index >= 15 is 0 Å². The van der Waals surface area contributed by atoms with E-state index in [4.69, 9.17) is 0 Å². The molecule has 5 nitrogen and oxygen atoms in total. The summed E-state index contributed by atoms with van der Waals surface area (Å²) >= 11 is 0. The molecular weight excluding hydrogens is 427 g/mol. The molecule has 1 aromatic rings. The predicted molar refractivity (Wildman–Crippen MR) is 114 cm³/mol. The number of likely N-dealkylation sites (tertiary alicyclic amines) is 1. The molecule has 1 fully saturated rings. The third-order valence-electron chi connectivity index (χ3n) is 4.98. The lowest BCUT2D eigenvalue weighted by atomic mass is 10.0. The number of halogens is 1. The Morgan fingerprint density at radius 1 is 1.28 bits per heavy atom. The lowest BCUT2D eigenvalue weighted by Gasteiger charge is -2.34. The second-order valence-corrected chi connectivity index (χ2v) is 6.87. The summed E-state index contributed by atoms with van der Waals surface area (Å²) in [4.78, 5) is 21.3. The van der Waals surface area contributed by atoms with E-state index in [9.17, 15) is 4.79 Å². The fraction of sp³-hybridized carbons (Fsp3) is 0.579. The Bertz CT molecular complexity index is 619. The third kappa shape index (κ3) is 4.86. The standard InChI is InChI=1S/C19H28N4O.HI/c1-15-7-5-11-22(14-15)19(20-2)21-13-18(24)23-12-6-9-16-8-3-4-10-17(16)23;/h3-4,8,10,15H,5-7,9,11-14H2,1-2H3,(H,20,21);1H. The summed E-state index contributed by atoms with van der Waals surface area (Å²) in [5.41, 5.74) is 2.34. The number of aryl methyl sites for hydroxylation is 1. The van der Waals surface area contributed by atoms with Crippen LogP contribution in [0.3, 0.4) is 0 Å². The molecule has 25 heavy (non-hydrogen) atoms. The van der Waals surface area contributed by atoms with Gasteiger partial charge in [0.25, 0.3) is 0 Å². The molecule has 3 rings (SSSR count). The fourth-order valence-electron chi connectivity index (χ4n) is 3.76. The largest absolute Gasteiger partial charge is 0.347 e. The minimum Gasteiger partial charge on any atom is -0.347 e. The van der Waals surface area contributed by atoms with Crippen molar-refractivity contribution in [3.63, 3.8) is 0 Å². The summed E-state index contributed by atoms with van der Waals surface area (Å²) in [5.74, 6) is 1.65. The summed E-state index contributed by atoms with van der Waals surface area (Å²) in [6.45, 7) is 5.41. The van der Waals surface area contributed by atoms with Crippen molar-refractivity contribution in [2.75, 3.05) is 38.1 Å². The number of fused-ring (bicyclic) bond motifs is 1. The first-order valence-corrected chi connectivity index (χ1v) is 9.03. The number of carbonyl (C=O) groups is 1. The Labute approximate surface area is 167 Å². The number of carbonyl (C=O) groups excluding carboxylic acids is 1. The summed E-state index contributed by atoms with van der Waals surface area (Å²) in [5, 5.41) is 3.27. The SMILES string of the molecule is CN=C(NCC(=O)N1CCCc2ccccc21)N1CCCC(C)C1.I. The number of hydrogen-bond donors (Lipinski definition) is 1. The van der Waals surface area contributed by atoms with Crippen molar-refractivity contribution >= 4 is 41.5 Å². The second kappa shape index (κ2) is 9.40. The van der Waals surface area contributed by atoms with Crippen LogP contribution in [0.15, 0.2) is 29.3 Å². The van der Waals surface area contributed by atoms with E-state index < -0.39 is 0 Å². The molecule has 1 unspecified atom stereocenters. The molecule has 1 aromatic carbocycles. The van der Waals surface area contributed by atoms with Gasteiger partial charge in [0, 0.05) is 32.4 Å². The molecule has 1 atom stereocenters. The monoisotopic (exact) mass is 456 g/mol. The molecular formula is C19H29IN4O. The minimum atomic E-state index is 0. The van der Waals surface area contributed by atoms with E-state index in [-0.39, 0.29) is 29.9 Å². The van der Waals surface area contributed by atoms with Gasteiger partial charge in [0.15, 0.2) is 5.96 Å². The molecule has 1 amide bonds. The van der Waals surface area contributed by atoms with Gasteiger partial charge in [-0.15, -0.1) is 24.0 Å². The van der Waals surface area contributed by atoms with Crippen molar-refractivity contribution in [3.8, 4) is 0 Å². The maximum atomic E-state index is 12.7. The van der Waals surface area contributed by atoms with Gasteiger partial charge in [-0.25, -0.2) is 0 Å². The number of hydrogen-bond acceptors (Lipinski definition) is 2. The van der Waals surface area contributed by atoms with Gasteiger partial charge < -0.3 is 15.1 Å². The number of amides is 1. The van der Waals surface area contributed by atoms with Gasteiger partial charge in [-0.05, 0) is 43.2 Å². The Hall–Kier alpha value is -1.31. The lowest BCUT2D eigenvalue weighted by Crippen LogP contribution is -2.49. The van der Waals surface area contributed by atoms with Crippen LogP contribution in [0.25, 0.3) is 0 Å². The minimum absolute atomic E-state index is 0. The van der Waals surface area contributed by atoms with E-state index in [1.165, 1.54) is 18.4 Å². The van der Waals surface area contributed by atoms with Crippen LogP contribution in [0.5, 0.6) is 0 Å². The number of guanidine groups is 1. The van der Waals surface area contributed by atoms with Crippen LogP contribution < -0.4 is 10.2 Å². The quantitative estimate of drug-likeness (QED) is 0.423. The van der Waals surface area contributed by atoms with Crippen molar-refractivity contribution in [1.82, 2.24) is 10.2 Å². The second-order valence-electron chi connectivity index (χ2n) is 6.87. The van der Waals surface area contributed by atoms with Gasteiger partial charge in [-0.1, -0.05) is 25.1 Å². The molecule has 138 valence electrons. The van der Waals surface area contributed by atoms with Gasteiger partial charge in [0.2, 0.25) is 5.91 Å². The van der Waals surface area contributed by atoms with Gasteiger partial charge in [0.1, 0.15) is 0 Å². The first kappa shape index (κ1) is 20.0. The number of nitrogens with zero attached hydrogens (tertiary/aromatic N) is 3. The van der Waals surface area contributed by atoms with Crippen molar-refractivity contribution in [2.45, 2.75) is 32.6 Å². The van der Waals surface area contributed by atoms with Crippen LogP contribution in [0.2, 0.25) is 0 Å². The number of para-hydroxylation sites is 1. The molecule has 0 aliphatic carbocycles. The Balaban J connectivity index is 0.00000225. The number of rotatable bonds is 2. The Kier molecular flexibility index (Phi) is 7.53. The highest BCUT2D eigenvalue weighted by atomic mass is 127. The molecule has 0 aromatic heterocycles. The molecule has 2 aliphatic rings. The third-order valence-corrected chi connectivity index (χ3v) is 4.98. The highest BCUT2D eigenvalue weighted by Crippen LogP contribution is 2.26. The van der Waals surface area contributed by atoms with Crippen molar-refractivity contribution < 1.29 is 4.79 Å². The first-order valence-electron chi connectivity index (χ1n) is 9.03. The van der Waals surface area contributed by atoms with Gasteiger partial charge in [-0.2, -0.15) is 0 Å². The van der Waals surface area contributed by atoms with Crippen LogP contribution in [-0.2, 0) is 11.2 Å². The number of benzene rings is 1. The molecule has 0 bridgehead atoms. The zero-order valence-corrected chi connectivity index (χ0v) is 17.5. The number of piperidine rings is 1. The van der Waals surface area contributed by atoms with Crippen LogP contribution in [0.4, 0.5) is 5.69 Å². The number of aliphatic imine (C=N–C) groups is 1. The zero-order valence-electron chi connectivity index (χ0n) is 15.2. The first-order chi connectivity index (χ1) is 11.7. The van der Waals surface area contributed by atoms with Crippen molar-refractivity contribution in [2.24, 2.45) is 10.9 Å². The average Bonchev–Trinajstić information content (AvgIpc) is 2.61. The molecule has 2 heterocycles. The molecule has 1 N–H and O–H groups in total. The summed E-state index contributed by atoms with van der Waals surface area (Å²) in [7, 11) is 1.79. The van der Waals surface area contributed by atoms with Crippen molar-refractivity contribution in [3.05, 3.63) is 29.8 Å². The number of anilines is 1. The van der Waals surface area contributed by atoms with Gasteiger partial charge in [-0.3, -0.25) is 9.79 Å². The normalized spacial score (nSPS) is 20.6. The van der Waals surface area contributed by atoms with E-state index in [1.54, 1.807) is 7.05 Å². The summed E-state index contributed by atoms with van der Waals surface area (Å²) < 4.78 is 0. The van der Waals surface area contributed by atoms with E-state index in [0.717, 1.165) is 44.1 Å². The zero-order chi connectivity index (χ0) is 16.9. The Morgan fingerprint density at radius 2 is 2.08 bits per heavy atom. The summed E-state index contributed by atoms with van der Waals surface area (Å²) in [6, 6.07) is 8.22. The average molecular weight is 456 g/mol. The Morgan fingerprint density at radius 3 is 2.84 bits per heavy atom. The molecule has 6 heteroatoms. The lowest BCUT2D eigenvalue weighted by molar-refractivity contribution is -0.117. The molecule has 0 saturated carbocycles. The number of nitrogens with one attached hydrogen (secondary N) is 1. The smallest absolute Gasteiger partial charge is 0.246 e. The molecule has 0 radical (unpaired) electrons. The fourth-order valence-corrected chi connectivity index (χ4v) is 3.76. The van der Waals surface area contributed by atoms with Crippen LogP contribution in [0.1, 0.15) is 31.7 Å². The van der Waals surface area contributed by atoms with Crippen LogP contribution in [-0.4, -0.2) is 50.0 Å². The topological polar surface area (TPSA) is 47.9 Å². The maximum absolute atomic E-state index is 12.7. The van der Waals surface area contributed by atoms with Crippen LogP contribution in [0, 0.1) is 5.92 Å². The van der Waals surface area contributed by atoms with E-state index in [1.807, 2.05) is 23.1 Å². The van der Waals surface area contributed by atoms with Gasteiger partial charge >= 0.3 is 0 Å². The van der Waals surface area contributed by atoms with Crippen molar-refractivity contribution in [1.29, 1.82) is 0 Å². The highest BCUT2D eigenvalue weighted by molar-refractivity contribution is 14.0.